The number of carbonyl (C=O) groups excluding carboxylic acids is 1. The molecule has 0 aromatic heterocycles. The first-order valence-corrected chi connectivity index (χ1v) is 4.34. The molecule has 1 rings (SSSR count). The molecular weight excluding hydrogens is 171 g/mol. The Bertz CT molecular complexity index is 254. The summed E-state index contributed by atoms with van der Waals surface area (Å²) in [4.78, 5) is 11.0. The van der Waals surface area contributed by atoms with Crippen LogP contribution in [0.1, 0.15) is 19.8 Å². The highest BCUT2D eigenvalue weighted by atomic mass is 19.1. The van der Waals surface area contributed by atoms with E-state index in [4.69, 9.17) is 4.74 Å². The number of alkyl halides is 1. The third-order valence-electron chi connectivity index (χ3n) is 1.87. The Hall–Kier alpha value is -1.12. The van der Waals surface area contributed by atoms with Crippen LogP contribution in [0.15, 0.2) is 23.5 Å². The van der Waals surface area contributed by atoms with Crippen LogP contribution in [0.25, 0.3) is 0 Å². The van der Waals surface area contributed by atoms with Crippen molar-refractivity contribution in [1.29, 1.82) is 0 Å². The van der Waals surface area contributed by atoms with Gasteiger partial charge in [0.05, 0.1) is 0 Å². The van der Waals surface area contributed by atoms with Crippen LogP contribution in [0.5, 0.6) is 0 Å². The van der Waals surface area contributed by atoms with Crippen LogP contribution < -0.4 is 0 Å². The Morgan fingerprint density at radius 2 is 2.46 bits per heavy atom. The first kappa shape index (κ1) is 9.96. The van der Waals surface area contributed by atoms with Crippen molar-refractivity contribution in [2.75, 3.05) is 13.3 Å². The summed E-state index contributed by atoms with van der Waals surface area (Å²) in [5, 5.41) is 0. The number of carbonyl (C=O) groups is 1. The van der Waals surface area contributed by atoms with Gasteiger partial charge in [-0.3, -0.25) is 4.79 Å². The molecule has 0 aromatic carbocycles. The Labute approximate surface area is 77.1 Å². The average molecular weight is 184 g/mol. The molecule has 0 saturated carbocycles. The molecule has 0 atom stereocenters. The molecule has 0 spiro atoms. The van der Waals surface area contributed by atoms with E-state index in [1.807, 2.05) is 6.08 Å². The maximum Gasteiger partial charge on any atom is 0.155 e. The molecule has 0 aliphatic heterocycles. The zero-order valence-electron chi connectivity index (χ0n) is 7.68. The second kappa shape index (κ2) is 4.80. The number of ketones is 1. The van der Waals surface area contributed by atoms with E-state index in [-0.39, 0.29) is 12.4 Å². The zero-order valence-corrected chi connectivity index (χ0v) is 7.68. The van der Waals surface area contributed by atoms with Crippen molar-refractivity contribution in [1.82, 2.24) is 0 Å². The molecule has 1 aliphatic rings. The van der Waals surface area contributed by atoms with Gasteiger partial charge in [-0.2, -0.15) is 0 Å². The first-order valence-electron chi connectivity index (χ1n) is 4.34. The van der Waals surface area contributed by atoms with Gasteiger partial charge in [0.25, 0.3) is 0 Å². The number of hydrogen-bond acceptors (Lipinski definition) is 2. The van der Waals surface area contributed by atoms with E-state index in [1.54, 1.807) is 6.08 Å². The van der Waals surface area contributed by atoms with Crippen LogP contribution in [0.3, 0.4) is 0 Å². The summed E-state index contributed by atoms with van der Waals surface area (Å²) in [6, 6.07) is 0. The van der Waals surface area contributed by atoms with E-state index in [0.717, 1.165) is 18.4 Å². The minimum absolute atomic E-state index is 0.0630. The van der Waals surface area contributed by atoms with Crippen LogP contribution in [-0.2, 0) is 9.53 Å². The van der Waals surface area contributed by atoms with Crippen LogP contribution >= 0.6 is 0 Å². The van der Waals surface area contributed by atoms with Crippen LogP contribution in [0.4, 0.5) is 4.39 Å². The van der Waals surface area contributed by atoms with Crippen molar-refractivity contribution < 1.29 is 13.9 Å². The standard InChI is InChI=1S/C10H13FO2/c1-8(12)9-3-2-4-10(7-9)13-6-5-11/h4,7H,2-3,5-6H2,1H3. The van der Waals surface area contributed by atoms with Gasteiger partial charge < -0.3 is 4.74 Å². The van der Waals surface area contributed by atoms with E-state index in [0.29, 0.717) is 5.76 Å². The number of hydrogen-bond donors (Lipinski definition) is 0. The van der Waals surface area contributed by atoms with Gasteiger partial charge in [0.1, 0.15) is 19.0 Å². The van der Waals surface area contributed by atoms with Crippen molar-refractivity contribution in [3.05, 3.63) is 23.5 Å². The maximum absolute atomic E-state index is 11.8. The highest BCUT2D eigenvalue weighted by molar-refractivity contribution is 5.93. The van der Waals surface area contributed by atoms with E-state index >= 15 is 0 Å². The van der Waals surface area contributed by atoms with Crippen molar-refractivity contribution in [2.24, 2.45) is 0 Å². The molecule has 0 fully saturated rings. The Balaban J connectivity index is 2.56. The van der Waals surface area contributed by atoms with Crippen LogP contribution in [0, 0.1) is 0 Å². The number of halogens is 1. The van der Waals surface area contributed by atoms with Gasteiger partial charge >= 0.3 is 0 Å². The molecule has 13 heavy (non-hydrogen) atoms. The number of ether oxygens (including phenoxy) is 1. The third-order valence-corrected chi connectivity index (χ3v) is 1.87. The lowest BCUT2D eigenvalue weighted by molar-refractivity contribution is -0.113. The summed E-state index contributed by atoms with van der Waals surface area (Å²) in [5.41, 5.74) is 0.761. The van der Waals surface area contributed by atoms with E-state index in [9.17, 15) is 9.18 Å². The summed E-state index contributed by atoms with van der Waals surface area (Å²) >= 11 is 0. The summed E-state index contributed by atoms with van der Waals surface area (Å²) in [6.45, 7) is 1.10. The maximum atomic E-state index is 11.8. The Morgan fingerprint density at radius 3 is 3.08 bits per heavy atom. The van der Waals surface area contributed by atoms with Crippen molar-refractivity contribution in [3.63, 3.8) is 0 Å². The van der Waals surface area contributed by atoms with Gasteiger partial charge in [-0.1, -0.05) is 0 Å². The van der Waals surface area contributed by atoms with Crippen molar-refractivity contribution in [2.45, 2.75) is 19.8 Å². The molecule has 3 heteroatoms. The number of allylic oxidation sites excluding steroid dienone is 3. The van der Waals surface area contributed by atoms with E-state index in [2.05, 4.69) is 0 Å². The lowest BCUT2D eigenvalue weighted by atomic mass is 10.0. The highest BCUT2D eigenvalue weighted by Crippen LogP contribution is 2.18. The molecule has 0 saturated heterocycles. The molecular formula is C10H13FO2. The van der Waals surface area contributed by atoms with E-state index < -0.39 is 6.67 Å². The molecule has 0 aromatic rings. The SMILES string of the molecule is CC(=O)C1=CC(OCCF)=CCC1. The predicted molar refractivity (Wildman–Crippen MR) is 48.0 cm³/mol. The summed E-state index contributed by atoms with van der Waals surface area (Å²) < 4.78 is 16.8. The molecule has 1 aliphatic carbocycles. The van der Waals surface area contributed by atoms with Gasteiger partial charge in [-0.25, -0.2) is 4.39 Å². The highest BCUT2D eigenvalue weighted by Gasteiger charge is 2.09. The Kier molecular flexibility index (Phi) is 3.68. The molecule has 72 valence electrons. The quantitative estimate of drug-likeness (QED) is 0.669. The van der Waals surface area contributed by atoms with E-state index in [1.165, 1.54) is 6.92 Å². The minimum Gasteiger partial charge on any atom is -0.491 e. The molecule has 0 heterocycles. The predicted octanol–water partition coefficient (Wildman–Crippen LogP) is 2.17. The fourth-order valence-corrected chi connectivity index (χ4v) is 1.21. The zero-order chi connectivity index (χ0) is 9.68. The van der Waals surface area contributed by atoms with Gasteiger partial charge in [0.15, 0.2) is 5.78 Å². The number of Topliss-reactive ketones (excluding diaryl/α,β-unsaturated/α-hetero) is 1. The van der Waals surface area contributed by atoms with Crippen molar-refractivity contribution >= 4 is 5.78 Å². The van der Waals surface area contributed by atoms with Crippen LogP contribution in [0.2, 0.25) is 0 Å². The fourth-order valence-electron chi connectivity index (χ4n) is 1.21. The molecule has 2 nitrogen and oxygen atoms in total. The second-order valence-corrected chi connectivity index (χ2v) is 2.91. The first-order chi connectivity index (χ1) is 6.24. The molecule has 0 radical (unpaired) electrons. The fraction of sp³-hybridized carbons (Fsp3) is 0.500. The summed E-state index contributed by atoms with van der Waals surface area (Å²) in [5.74, 6) is 0.684. The molecule has 0 unspecified atom stereocenters. The summed E-state index contributed by atoms with van der Waals surface area (Å²) in [7, 11) is 0. The molecule has 0 amide bonds. The lowest BCUT2D eigenvalue weighted by Crippen LogP contribution is -2.04. The molecule has 0 N–H and O–H groups in total. The van der Waals surface area contributed by atoms with Crippen molar-refractivity contribution in [3.8, 4) is 0 Å². The Morgan fingerprint density at radius 1 is 1.69 bits per heavy atom. The summed E-state index contributed by atoms with van der Waals surface area (Å²) in [6.07, 6.45) is 5.13. The monoisotopic (exact) mass is 184 g/mol. The second-order valence-electron chi connectivity index (χ2n) is 2.91. The number of rotatable bonds is 4. The minimum atomic E-state index is -0.499. The smallest absolute Gasteiger partial charge is 0.155 e. The van der Waals surface area contributed by atoms with Gasteiger partial charge in [-0.05, 0) is 37.5 Å². The molecule has 0 bridgehead atoms. The normalized spacial score (nSPS) is 16.2. The van der Waals surface area contributed by atoms with Gasteiger partial charge in [0.2, 0.25) is 0 Å². The topological polar surface area (TPSA) is 26.3 Å². The van der Waals surface area contributed by atoms with Crippen LogP contribution in [-0.4, -0.2) is 19.1 Å². The average Bonchev–Trinajstić information content (AvgIpc) is 2.15. The lowest BCUT2D eigenvalue weighted by Gasteiger charge is -2.11. The largest absolute Gasteiger partial charge is 0.491 e. The third kappa shape index (κ3) is 3.01. The van der Waals surface area contributed by atoms with Gasteiger partial charge in [-0.15, -0.1) is 0 Å². The van der Waals surface area contributed by atoms with Gasteiger partial charge in [0, 0.05) is 0 Å².